The molecule has 0 aromatic heterocycles. The number of rotatable bonds is 3. The quantitative estimate of drug-likeness (QED) is 0.819. The van der Waals surface area contributed by atoms with Gasteiger partial charge in [0.05, 0.1) is 17.1 Å². The molecule has 0 bridgehead atoms. The Bertz CT molecular complexity index is 872. The standard InChI is InChI=1S/C18H24F3N3O3S/c1-17-11-14(12-6-4-7-13(10-12)18(19,20)21)24(28(26,27)23(2)3)15(17)8-5-9-16(25)22-17/h4,6-7,10,14-15H,5,8-9,11H2,1-3H3,(H,22,25)/t14-,15-,17-/m0/s1. The van der Waals surface area contributed by atoms with Gasteiger partial charge in [-0.2, -0.15) is 30.2 Å². The van der Waals surface area contributed by atoms with E-state index >= 15 is 0 Å². The van der Waals surface area contributed by atoms with E-state index in [9.17, 15) is 26.4 Å². The summed E-state index contributed by atoms with van der Waals surface area (Å²) in [4.78, 5) is 12.1. The van der Waals surface area contributed by atoms with E-state index in [0.717, 1.165) is 16.4 Å². The maximum atomic E-state index is 13.2. The van der Waals surface area contributed by atoms with Gasteiger partial charge in [-0.25, -0.2) is 0 Å². The van der Waals surface area contributed by atoms with Crippen LogP contribution in [0.4, 0.5) is 13.2 Å². The Morgan fingerprint density at radius 1 is 1.29 bits per heavy atom. The second-order valence-corrected chi connectivity index (χ2v) is 9.88. The number of hydrogen-bond donors (Lipinski definition) is 1. The molecule has 28 heavy (non-hydrogen) atoms. The summed E-state index contributed by atoms with van der Waals surface area (Å²) in [5, 5.41) is 2.92. The molecule has 0 unspecified atom stereocenters. The third-order valence-corrected chi connectivity index (χ3v) is 7.56. The van der Waals surface area contributed by atoms with Crippen molar-refractivity contribution in [3.8, 4) is 0 Å². The summed E-state index contributed by atoms with van der Waals surface area (Å²) in [5.41, 5.74) is -1.41. The summed E-state index contributed by atoms with van der Waals surface area (Å²) in [5.74, 6) is -0.170. The van der Waals surface area contributed by atoms with Crippen LogP contribution in [0.5, 0.6) is 0 Å². The lowest BCUT2D eigenvalue weighted by Crippen LogP contribution is -2.55. The van der Waals surface area contributed by atoms with Crippen LogP contribution in [0.15, 0.2) is 24.3 Å². The van der Waals surface area contributed by atoms with Gasteiger partial charge in [-0.1, -0.05) is 12.1 Å². The largest absolute Gasteiger partial charge is 0.416 e. The highest BCUT2D eigenvalue weighted by Gasteiger charge is 2.56. The lowest BCUT2D eigenvalue weighted by molar-refractivity contribution is -0.137. The minimum atomic E-state index is -4.53. The molecule has 6 nitrogen and oxygen atoms in total. The lowest BCUT2D eigenvalue weighted by atomic mass is 9.88. The molecule has 2 aliphatic heterocycles. The van der Waals surface area contributed by atoms with Crippen LogP contribution in [0.25, 0.3) is 0 Å². The third kappa shape index (κ3) is 3.65. The first kappa shape index (κ1) is 21.1. The number of nitrogens with one attached hydrogen (secondary N) is 1. The van der Waals surface area contributed by atoms with Crippen molar-refractivity contribution < 1.29 is 26.4 Å². The van der Waals surface area contributed by atoms with Crippen molar-refractivity contribution >= 4 is 16.1 Å². The summed E-state index contributed by atoms with van der Waals surface area (Å²) in [7, 11) is -1.15. The van der Waals surface area contributed by atoms with Gasteiger partial charge < -0.3 is 5.32 Å². The normalized spacial score (nSPS) is 29.5. The first-order valence-electron chi connectivity index (χ1n) is 9.05. The number of alkyl halides is 3. The zero-order valence-corrected chi connectivity index (χ0v) is 16.8. The first-order chi connectivity index (χ1) is 12.9. The molecule has 0 saturated carbocycles. The molecule has 0 spiro atoms. The minimum Gasteiger partial charge on any atom is -0.349 e. The van der Waals surface area contributed by atoms with Crippen molar-refractivity contribution in [3.63, 3.8) is 0 Å². The molecule has 1 amide bonds. The Kier molecular flexibility index (Phi) is 5.26. The maximum absolute atomic E-state index is 13.2. The number of halogens is 3. The molecule has 1 aromatic carbocycles. The Morgan fingerprint density at radius 2 is 1.96 bits per heavy atom. The van der Waals surface area contributed by atoms with Crippen molar-refractivity contribution in [1.29, 1.82) is 0 Å². The van der Waals surface area contributed by atoms with Crippen LogP contribution in [0.2, 0.25) is 0 Å². The monoisotopic (exact) mass is 419 g/mol. The molecule has 2 aliphatic rings. The Hall–Kier alpha value is -1.65. The van der Waals surface area contributed by atoms with E-state index in [1.54, 1.807) is 6.92 Å². The average Bonchev–Trinajstić information content (AvgIpc) is 2.78. The van der Waals surface area contributed by atoms with Crippen LogP contribution in [-0.4, -0.2) is 48.6 Å². The Balaban J connectivity index is 2.12. The number of benzene rings is 1. The van der Waals surface area contributed by atoms with E-state index in [2.05, 4.69) is 5.32 Å². The Labute approximate surface area is 162 Å². The third-order valence-electron chi connectivity index (χ3n) is 5.60. The van der Waals surface area contributed by atoms with E-state index in [4.69, 9.17) is 0 Å². The van der Waals surface area contributed by atoms with Crippen molar-refractivity contribution in [1.82, 2.24) is 13.9 Å². The SMILES string of the molecule is CN(C)S(=O)(=O)N1[C@H]2CCCC(=O)N[C@@]2(C)C[C@H]1c1cccc(C(F)(F)F)c1. The van der Waals surface area contributed by atoms with Gasteiger partial charge in [0.15, 0.2) is 0 Å². The summed E-state index contributed by atoms with van der Waals surface area (Å²) in [6.07, 6.45) is -3.05. The highest BCUT2D eigenvalue weighted by Crippen LogP contribution is 2.47. The fourth-order valence-electron chi connectivity index (χ4n) is 4.24. The number of nitrogens with zero attached hydrogens (tertiary/aromatic N) is 2. The van der Waals surface area contributed by atoms with Gasteiger partial charge in [-0.3, -0.25) is 4.79 Å². The molecular formula is C18H24F3N3O3S. The van der Waals surface area contributed by atoms with Crippen LogP contribution in [0.1, 0.15) is 49.8 Å². The van der Waals surface area contributed by atoms with Gasteiger partial charge >= 0.3 is 6.18 Å². The molecule has 1 N–H and O–H groups in total. The molecule has 3 atom stereocenters. The van der Waals surface area contributed by atoms with Crippen LogP contribution < -0.4 is 5.32 Å². The second kappa shape index (κ2) is 7.00. The highest BCUT2D eigenvalue weighted by molar-refractivity contribution is 7.86. The zero-order chi connectivity index (χ0) is 20.9. The number of amides is 1. The molecule has 2 fully saturated rings. The molecular weight excluding hydrogens is 395 g/mol. The molecule has 1 aromatic rings. The number of fused-ring (bicyclic) bond motifs is 1. The molecule has 0 aliphatic carbocycles. The van der Waals surface area contributed by atoms with E-state index in [1.807, 2.05) is 0 Å². The van der Waals surface area contributed by atoms with Gasteiger partial charge in [0.2, 0.25) is 5.91 Å². The maximum Gasteiger partial charge on any atom is 0.416 e. The number of carbonyl (C=O) groups is 1. The minimum absolute atomic E-state index is 0.170. The number of hydrogen-bond acceptors (Lipinski definition) is 3. The number of carbonyl (C=O) groups excluding carboxylic acids is 1. The van der Waals surface area contributed by atoms with Gasteiger partial charge in [0.25, 0.3) is 10.2 Å². The molecule has 0 radical (unpaired) electrons. The van der Waals surface area contributed by atoms with Crippen LogP contribution in [0.3, 0.4) is 0 Å². The van der Waals surface area contributed by atoms with E-state index in [-0.39, 0.29) is 17.9 Å². The van der Waals surface area contributed by atoms with Crippen molar-refractivity contribution in [2.24, 2.45) is 0 Å². The topological polar surface area (TPSA) is 69.7 Å². The average molecular weight is 419 g/mol. The van der Waals surface area contributed by atoms with Gasteiger partial charge in [0.1, 0.15) is 0 Å². The second-order valence-electron chi connectivity index (χ2n) is 7.84. The summed E-state index contributed by atoms with van der Waals surface area (Å²) in [6.45, 7) is 1.77. The summed E-state index contributed by atoms with van der Waals surface area (Å²) < 4.78 is 68.1. The van der Waals surface area contributed by atoms with Crippen LogP contribution in [-0.2, 0) is 21.2 Å². The fourth-order valence-corrected chi connectivity index (χ4v) is 5.79. The van der Waals surface area contributed by atoms with Crippen LogP contribution in [0, 0.1) is 0 Å². The van der Waals surface area contributed by atoms with Crippen molar-refractivity contribution in [2.75, 3.05) is 14.1 Å². The van der Waals surface area contributed by atoms with Gasteiger partial charge in [-0.15, -0.1) is 0 Å². The van der Waals surface area contributed by atoms with E-state index in [0.29, 0.717) is 19.3 Å². The molecule has 2 saturated heterocycles. The lowest BCUT2D eigenvalue weighted by Gasteiger charge is -2.35. The molecule has 2 heterocycles. The van der Waals surface area contributed by atoms with Crippen molar-refractivity contribution in [3.05, 3.63) is 35.4 Å². The molecule has 156 valence electrons. The highest BCUT2D eigenvalue weighted by atomic mass is 32.2. The summed E-state index contributed by atoms with van der Waals surface area (Å²) in [6, 6.07) is 3.42. The first-order valence-corrected chi connectivity index (χ1v) is 10.4. The van der Waals surface area contributed by atoms with E-state index < -0.39 is 39.6 Å². The van der Waals surface area contributed by atoms with Crippen LogP contribution >= 0.6 is 0 Å². The predicted octanol–water partition coefficient (Wildman–Crippen LogP) is 2.69. The van der Waals surface area contributed by atoms with Gasteiger partial charge in [-0.05, 0) is 43.9 Å². The fraction of sp³-hybridized carbons (Fsp3) is 0.611. The summed E-state index contributed by atoms with van der Waals surface area (Å²) >= 11 is 0. The van der Waals surface area contributed by atoms with Crippen molar-refractivity contribution in [2.45, 2.75) is 56.4 Å². The Morgan fingerprint density at radius 3 is 2.57 bits per heavy atom. The van der Waals surface area contributed by atoms with Gasteiger partial charge in [0, 0.05) is 26.6 Å². The molecule has 10 heteroatoms. The predicted molar refractivity (Wildman–Crippen MR) is 97.4 cm³/mol. The zero-order valence-electron chi connectivity index (χ0n) is 16.0. The molecule has 3 rings (SSSR count). The van der Waals surface area contributed by atoms with E-state index in [1.165, 1.54) is 30.5 Å². The smallest absolute Gasteiger partial charge is 0.349 e.